The molecule has 3 fully saturated rings. The normalized spacial score (nSPS) is 26.5. The molecule has 3 saturated heterocycles. The van der Waals surface area contributed by atoms with E-state index in [1.807, 2.05) is 140 Å². The van der Waals surface area contributed by atoms with Crippen molar-refractivity contribution in [2.75, 3.05) is 19.8 Å². The van der Waals surface area contributed by atoms with Crippen LogP contribution in [0.5, 0.6) is 0 Å². The number of hydrogen-bond acceptors (Lipinski definition) is 12. The fourth-order valence-electron chi connectivity index (χ4n) is 11.0. The predicted molar refractivity (Wildman–Crippen MR) is 329 cm³/mol. The van der Waals surface area contributed by atoms with Gasteiger partial charge in [-0.1, -0.05) is 84.9 Å². The first-order chi connectivity index (χ1) is 40.7. The number of carbonyl (C=O) groups is 1. The van der Waals surface area contributed by atoms with Crippen LogP contribution in [0, 0.1) is 5.92 Å². The Labute approximate surface area is 505 Å². The first kappa shape index (κ1) is 63.6. The van der Waals surface area contributed by atoms with Crippen molar-refractivity contribution < 1.29 is 56.6 Å². The SMILES string of the molecule is CC(=O)N[C@@H]1[C@H](OC[C@@H]2CC([Se]c3ccccc3)[C@@H](CO[C@H]3[C@@H](O[Si](C)(C)C(C)(C)C(C)C)O[C@@H](C)[C@H](OCc4ccccc4)[C@H]3OCc3ccccc3)O2)O[C@H](COCc2ccccc2)[C@@H](OCc2ccccc2)[C@@H]1OCc1ccccc1. The monoisotopic (exact) mass is 1230 g/mol. The molecule has 0 bridgehead atoms. The summed E-state index contributed by atoms with van der Waals surface area (Å²) in [6, 6.07) is 60.3. The number of amides is 1. The number of carbonyl (C=O) groups excluding carboxylic acids is 1. The van der Waals surface area contributed by atoms with Gasteiger partial charge in [0.1, 0.15) is 0 Å². The molecular formula is C69H87NO12SeSi. The van der Waals surface area contributed by atoms with E-state index >= 15 is 0 Å². The van der Waals surface area contributed by atoms with Crippen LogP contribution in [0.4, 0.5) is 0 Å². The second-order valence-electron chi connectivity index (χ2n) is 23.7. The van der Waals surface area contributed by atoms with Gasteiger partial charge in [-0.05, 0) is 0 Å². The van der Waals surface area contributed by atoms with Crippen LogP contribution in [-0.4, -0.2) is 123 Å². The maximum absolute atomic E-state index is 13.3. The fraction of sp³-hybridized carbons (Fsp3) is 0.464. The van der Waals surface area contributed by atoms with Crippen molar-refractivity contribution in [3.05, 3.63) is 210 Å². The Balaban J connectivity index is 0.994. The third kappa shape index (κ3) is 17.6. The molecular weight excluding hydrogens is 1140 g/mol. The van der Waals surface area contributed by atoms with Gasteiger partial charge in [0.25, 0.3) is 0 Å². The summed E-state index contributed by atoms with van der Waals surface area (Å²) in [5.74, 6) is 0.0964. The van der Waals surface area contributed by atoms with Crippen LogP contribution in [0.3, 0.4) is 0 Å². The first-order valence-electron chi connectivity index (χ1n) is 29.8. The second-order valence-corrected chi connectivity index (χ2v) is 31.0. The molecule has 0 aromatic heterocycles. The molecule has 3 aliphatic rings. The van der Waals surface area contributed by atoms with Crippen LogP contribution in [-0.2, 0) is 89.6 Å². The molecule has 0 aliphatic carbocycles. The Kier molecular flexibility index (Phi) is 23.6. The standard InChI is InChI=1S/C69H87NO12SeSi/c1-48(2)69(5,6)84(7,8)82-68-66(65(76-44-55-35-23-13-24-36-55)62(49(3)79-68)73-41-52-29-17-10-18-30-52)77-47-58-60(83-57-37-25-14-26-38-57)39-56(80-58)45-78-67-61(70-50(4)71)64(75-43-54-33-21-12-22-34-54)63(74-42-53-31-19-11-20-32-53)59(81-67)46-72-40-51-27-15-9-16-28-51/h9-38,48-49,56,58-68H,39-47H2,1-8H3,(H,70,71)/t49-,56-,58+,59+,60?,61-,62-,63+,64+,65+,66+,67+,68+/m0/s1. The topological polar surface area (TPSA) is 131 Å². The minimum Gasteiger partial charge on any atom is -0.0622 e. The van der Waals surface area contributed by atoms with Gasteiger partial charge in [0.05, 0.1) is 0 Å². The Morgan fingerprint density at radius 3 is 1.50 bits per heavy atom. The van der Waals surface area contributed by atoms with E-state index in [2.05, 4.69) is 94.6 Å². The number of benzene rings is 6. The van der Waals surface area contributed by atoms with Gasteiger partial charge in [-0.25, -0.2) is 0 Å². The minimum absolute atomic E-state index is 0.0147. The van der Waals surface area contributed by atoms with Crippen molar-refractivity contribution in [3.8, 4) is 0 Å². The summed E-state index contributed by atoms with van der Waals surface area (Å²) in [6.45, 7) is 19.4. The van der Waals surface area contributed by atoms with Gasteiger partial charge >= 0.3 is 424 Å². The van der Waals surface area contributed by atoms with Crippen LogP contribution in [0.2, 0.25) is 22.9 Å². The molecule has 84 heavy (non-hydrogen) atoms. The molecule has 9 rings (SSSR count). The van der Waals surface area contributed by atoms with Crippen LogP contribution in [0.25, 0.3) is 0 Å². The first-order valence-corrected chi connectivity index (χ1v) is 34.6. The van der Waals surface area contributed by atoms with Crippen molar-refractivity contribution in [1.29, 1.82) is 0 Å². The van der Waals surface area contributed by atoms with Gasteiger partial charge in [0.2, 0.25) is 0 Å². The predicted octanol–water partition coefficient (Wildman–Crippen LogP) is 11.6. The summed E-state index contributed by atoms with van der Waals surface area (Å²) < 4.78 is 78.1. The van der Waals surface area contributed by atoms with Crippen molar-refractivity contribution in [2.24, 2.45) is 5.92 Å². The van der Waals surface area contributed by atoms with E-state index in [9.17, 15) is 4.79 Å². The molecule has 0 saturated carbocycles. The Morgan fingerprint density at radius 2 is 1.00 bits per heavy atom. The van der Waals surface area contributed by atoms with Crippen molar-refractivity contribution in [1.82, 2.24) is 5.32 Å². The molecule has 6 aromatic carbocycles. The molecule has 6 aromatic rings. The molecule has 13 nitrogen and oxygen atoms in total. The number of ether oxygens (including phenoxy) is 10. The summed E-state index contributed by atoms with van der Waals surface area (Å²) in [6.07, 6.45) is -5.93. The zero-order valence-electron chi connectivity index (χ0n) is 50.1. The van der Waals surface area contributed by atoms with E-state index in [4.69, 9.17) is 51.8 Å². The fourth-order valence-corrected chi connectivity index (χ4v) is 16.1. The smallest absolute Gasteiger partial charge is 0.0622 e. The number of nitrogens with one attached hydrogen (secondary N) is 1. The zero-order valence-corrected chi connectivity index (χ0v) is 52.8. The average Bonchev–Trinajstić information content (AvgIpc) is 2.77. The number of rotatable bonds is 29. The summed E-state index contributed by atoms with van der Waals surface area (Å²) in [5.41, 5.74) is 5.08. The minimum atomic E-state index is -2.53. The van der Waals surface area contributed by atoms with Crippen LogP contribution >= 0.6 is 0 Å². The zero-order chi connectivity index (χ0) is 58.9. The van der Waals surface area contributed by atoms with E-state index in [0.717, 1.165) is 27.8 Å². The van der Waals surface area contributed by atoms with Gasteiger partial charge in [0, 0.05) is 0 Å². The Morgan fingerprint density at radius 1 is 0.536 bits per heavy atom. The summed E-state index contributed by atoms with van der Waals surface area (Å²) in [4.78, 5) is 13.4. The van der Waals surface area contributed by atoms with Crippen molar-refractivity contribution in [2.45, 2.75) is 178 Å². The Hall–Kier alpha value is -4.91. The van der Waals surface area contributed by atoms with Gasteiger partial charge in [-0.2, -0.15) is 0 Å². The molecule has 0 spiro atoms. The van der Waals surface area contributed by atoms with Crippen LogP contribution < -0.4 is 9.78 Å². The van der Waals surface area contributed by atoms with E-state index < -0.39 is 69.7 Å². The second kappa shape index (κ2) is 31.1. The molecule has 1 amide bonds. The van der Waals surface area contributed by atoms with Crippen LogP contribution in [0.15, 0.2) is 182 Å². The molecule has 1 unspecified atom stereocenters. The summed E-state index contributed by atoms with van der Waals surface area (Å²) in [5, 5.41) is 3.07. The van der Waals surface area contributed by atoms with Crippen molar-refractivity contribution >= 4 is 33.6 Å². The third-order valence-electron chi connectivity index (χ3n) is 16.9. The number of hydrogen-bond donors (Lipinski definition) is 1. The van der Waals surface area contributed by atoms with Gasteiger partial charge < -0.3 is 0 Å². The van der Waals surface area contributed by atoms with Gasteiger partial charge in [-0.3, -0.25) is 0 Å². The third-order valence-corrected chi connectivity index (χ3v) is 24.2. The average molecular weight is 1230 g/mol. The molecule has 0 radical (unpaired) electrons. The molecule has 3 aliphatic heterocycles. The van der Waals surface area contributed by atoms with E-state index in [-0.39, 0.29) is 76.0 Å². The Bertz CT molecular complexity index is 2840. The van der Waals surface area contributed by atoms with Crippen LogP contribution in [0.1, 0.15) is 75.8 Å². The summed E-state index contributed by atoms with van der Waals surface area (Å²) in [7, 11) is -2.53. The van der Waals surface area contributed by atoms with Crippen molar-refractivity contribution in [3.63, 3.8) is 0 Å². The van der Waals surface area contributed by atoms with E-state index in [1.54, 1.807) is 0 Å². The van der Waals surface area contributed by atoms with Gasteiger partial charge in [0.15, 0.2) is 0 Å². The summed E-state index contributed by atoms with van der Waals surface area (Å²) >= 11 is -0.0147. The van der Waals surface area contributed by atoms with E-state index in [1.165, 1.54) is 11.4 Å². The molecule has 13 atom stereocenters. The van der Waals surface area contributed by atoms with Gasteiger partial charge in [-0.15, -0.1) is 0 Å². The molecule has 15 heteroatoms. The maximum atomic E-state index is 13.3. The molecule has 450 valence electrons. The van der Waals surface area contributed by atoms with E-state index in [0.29, 0.717) is 32.2 Å². The molecule has 1 N–H and O–H groups in total. The molecule has 3 heterocycles. The quantitative estimate of drug-likeness (QED) is 0.0449.